The summed E-state index contributed by atoms with van der Waals surface area (Å²) in [6.07, 6.45) is 0. The van der Waals surface area contributed by atoms with E-state index in [-0.39, 0.29) is 11.8 Å². The standard InChI is InChI=1S/C18H28N2O4/c1-13(2)12-20-17(22)18(3,4)16(21)19-10-11-24-15-8-6-14(23-5)7-9-15/h6-9,13H,10-12H2,1-5H3,(H,19,21)(H,20,22). The maximum Gasteiger partial charge on any atom is 0.235 e. The summed E-state index contributed by atoms with van der Waals surface area (Å²) in [6, 6.07) is 7.19. The van der Waals surface area contributed by atoms with Gasteiger partial charge >= 0.3 is 0 Å². The lowest BCUT2D eigenvalue weighted by atomic mass is 9.91. The smallest absolute Gasteiger partial charge is 0.235 e. The molecule has 0 aromatic heterocycles. The summed E-state index contributed by atoms with van der Waals surface area (Å²) >= 11 is 0. The fraction of sp³-hybridized carbons (Fsp3) is 0.556. The predicted molar refractivity (Wildman–Crippen MR) is 93.1 cm³/mol. The quantitative estimate of drug-likeness (QED) is 0.534. The number of ether oxygens (including phenoxy) is 2. The largest absolute Gasteiger partial charge is 0.497 e. The lowest BCUT2D eigenvalue weighted by molar-refractivity contribution is -0.141. The van der Waals surface area contributed by atoms with E-state index in [0.29, 0.717) is 31.4 Å². The second-order valence-electron chi connectivity index (χ2n) is 6.51. The normalized spacial score (nSPS) is 11.1. The first-order valence-corrected chi connectivity index (χ1v) is 8.10. The molecule has 0 heterocycles. The highest BCUT2D eigenvalue weighted by Crippen LogP contribution is 2.17. The van der Waals surface area contributed by atoms with Crippen LogP contribution in [0.15, 0.2) is 24.3 Å². The van der Waals surface area contributed by atoms with Crippen LogP contribution in [-0.2, 0) is 9.59 Å². The highest BCUT2D eigenvalue weighted by atomic mass is 16.5. The van der Waals surface area contributed by atoms with Crippen molar-refractivity contribution < 1.29 is 19.1 Å². The minimum absolute atomic E-state index is 0.273. The Kier molecular flexibility index (Phi) is 7.55. The van der Waals surface area contributed by atoms with Gasteiger partial charge in [0.05, 0.1) is 13.7 Å². The fourth-order valence-corrected chi connectivity index (χ4v) is 1.85. The van der Waals surface area contributed by atoms with E-state index >= 15 is 0 Å². The summed E-state index contributed by atoms with van der Waals surface area (Å²) in [5, 5.41) is 5.52. The number of hydrogen-bond acceptors (Lipinski definition) is 4. The molecule has 2 amide bonds. The summed E-state index contributed by atoms with van der Waals surface area (Å²) in [7, 11) is 1.60. The Morgan fingerprint density at radius 2 is 1.58 bits per heavy atom. The Bertz CT molecular complexity index is 538. The third kappa shape index (κ3) is 6.10. The van der Waals surface area contributed by atoms with Crippen molar-refractivity contribution in [3.63, 3.8) is 0 Å². The molecule has 2 N–H and O–H groups in total. The zero-order valence-corrected chi connectivity index (χ0v) is 15.1. The number of rotatable bonds is 9. The second-order valence-corrected chi connectivity index (χ2v) is 6.51. The van der Waals surface area contributed by atoms with Crippen LogP contribution < -0.4 is 20.1 Å². The number of amides is 2. The third-order valence-corrected chi connectivity index (χ3v) is 3.52. The van der Waals surface area contributed by atoms with Gasteiger partial charge in [0.15, 0.2) is 0 Å². The number of carbonyl (C=O) groups is 2. The number of nitrogens with one attached hydrogen (secondary N) is 2. The summed E-state index contributed by atoms with van der Waals surface area (Å²) in [5.41, 5.74) is -1.12. The monoisotopic (exact) mass is 336 g/mol. The van der Waals surface area contributed by atoms with E-state index in [0.717, 1.165) is 5.75 Å². The van der Waals surface area contributed by atoms with Crippen molar-refractivity contribution in [2.45, 2.75) is 27.7 Å². The van der Waals surface area contributed by atoms with Crippen LogP contribution in [0.25, 0.3) is 0 Å². The van der Waals surface area contributed by atoms with Gasteiger partial charge in [-0.1, -0.05) is 13.8 Å². The van der Waals surface area contributed by atoms with Crippen LogP contribution in [-0.4, -0.2) is 38.6 Å². The van der Waals surface area contributed by atoms with Gasteiger partial charge in [-0.05, 0) is 44.0 Å². The molecule has 134 valence electrons. The van der Waals surface area contributed by atoms with Gasteiger partial charge in [0.1, 0.15) is 23.5 Å². The summed E-state index contributed by atoms with van der Waals surface area (Å²) in [4.78, 5) is 24.3. The molecule has 24 heavy (non-hydrogen) atoms. The van der Waals surface area contributed by atoms with E-state index in [4.69, 9.17) is 9.47 Å². The molecule has 1 rings (SSSR count). The van der Waals surface area contributed by atoms with Crippen LogP contribution >= 0.6 is 0 Å². The number of hydrogen-bond donors (Lipinski definition) is 2. The van der Waals surface area contributed by atoms with Crippen LogP contribution in [0.4, 0.5) is 0 Å². The van der Waals surface area contributed by atoms with Crippen molar-refractivity contribution in [2.24, 2.45) is 11.3 Å². The maximum atomic E-state index is 12.2. The van der Waals surface area contributed by atoms with Crippen molar-refractivity contribution in [1.82, 2.24) is 10.6 Å². The van der Waals surface area contributed by atoms with Gasteiger partial charge in [0.2, 0.25) is 11.8 Å². The predicted octanol–water partition coefficient (Wildman–Crippen LogP) is 1.99. The molecule has 0 spiro atoms. The van der Waals surface area contributed by atoms with Crippen LogP contribution in [0.5, 0.6) is 11.5 Å². The van der Waals surface area contributed by atoms with Gasteiger partial charge in [-0.2, -0.15) is 0 Å². The molecule has 0 aliphatic rings. The van der Waals surface area contributed by atoms with Crippen LogP contribution in [0.2, 0.25) is 0 Å². The van der Waals surface area contributed by atoms with Crippen molar-refractivity contribution >= 4 is 11.8 Å². The summed E-state index contributed by atoms with van der Waals surface area (Å²) < 4.78 is 10.6. The molecule has 0 bridgehead atoms. The van der Waals surface area contributed by atoms with Gasteiger partial charge in [-0.3, -0.25) is 9.59 Å². The van der Waals surface area contributed by atoms with E-state index in [2.05, 4.69) is 10.6 Å². The van der Waals surface area contributed by atoms with Crippen molar-refractivity contribution in [3.05, 3.63) is 24.3 Å². The van der Waals surface area contributed by atoms with E-state index in [1.807, 2.05) is 13.8 Å². The first-order valence-electron chi connectivity index (χ1n) is 8.10. The molecule has 1 aromatic carbocycles. The van der Waals surface area contributed by atoms with Gasteiger partial charge < -0.3 is 20.1 Å². The second kappa shape index (κ2) is 9.15. The number of benzene rings is 1. The van der Waals surface area contributed by atoms with Gasteiger partial charge in [0, 0.05) is 6.54 Å². The SMILES string of the molecule is COc1ccc(OCCNC(=O)C(C)(C)C(=O)NCC(C)C)cc1. The first kappa shape index (κ1) is 19.8. The van der Waals surface area contributed by atoms with Crippen molar-refractivity contribution in [1.29, 1.82) is 0 Å². The lowest BCUT2D eigenvalue weighted by Gasteiger charge is -2.23. The Morgan fingerprint density at radius 1 is 1.04 bits per heavy atom. The number of carbonyl (C=O) groups excluding carboxylic acids is 2. The van der Waals surface area contributed by atoms with Crippen LogP contribution in [0.3, 0.4) is 0 Å². The molecule has 0 radical (unpaired) electrons. The topological polar surface area (TPSA) is 76.7 Å². The van der Waals surface area contributed by atoms with E-state index in [1.165, 1.54) is 0 Å². The van der Waals surface area contributed by atoms with Crippen molar-refractivity contribution in [2.75, 3.05) is 26.8 Å². The summed E-state index contributed by atoms with van der Waals surface area (Å²) in [5.74, 6) is 1.20. The fourth-order valence-electron chi connectivity index (χ4n) is 1.85. The molecular weight excluding hydrogens is 308 g/mol. The molecule has 1 aromatic rings. The van der Waals surface area contributed by atoms with E-state index in [9.17, 15) is 9.59 Å². The zero-order valence-electron chi connectivity index (χ0n) is 15.1. The van der Waals surface area contributed by atoms with Crippen LogP contribution in [0.1, 0.15) is 27.7 Å². The number of methoxy groups -OCH3 is 1. The molecule has 0 aliphatic carbocycles. The third-order valence-electron chi connectivity index (χ3n) is 3.52. The van der Waals surface area contributed by atoms with E-state index < -0.39 is 5.41 Å². The maximum absolute atomic E-state index is 12.2. The Hall–Kier alpha value is -2.24. The van der Waals surface area contributed by atoms with Crippen molar-refractivity contribution in [3.8, 4) is 11.5 Å². The van der Waals surface area contributed by atoms with Gasteiger partial charge in [0.25, 0.3) is 0 Å². The molecule has 0 unspecified atom stereocenters. The zero-order chi connectivity index (χ0) is 18.2. The minimum Gasteiger partial charge on any atom is -0.497 e. The highest BCUT2D eigenvalue weighted by molar-refractivity contribution is 6.04. The molecule has 0 saturated heterocycles. The van der Waals surface area contributed by atoms with Gasteiger partial charge in [-0.25, -0.2) is 0 Å². The Morgan fingerprint density at radius 3 is 2.12 bits per heavy atom. The average Bonchev–Trinajstić information content (AvgIpc) is 2.56. The minimum atomic E-state index is -1.12. The highest BCUT2D eigenvalue weighted by Gasteiger charge is 2.35. The average molecular weight is 336 g/mol. The van der Waals surface area contributed by atoms with E-state index in [1.54, 1.807) is 45.2 Å². The molecule has 0 fully saturated rings. The molecule has 6 heteroatoms. The van der Waals surface area contributed by atoms with Crippen LogP contribution in [0, 0.1) is 11.3 Å². The summed E-state index contributed by atoms with van der Waals surface area (Å²) in [6.45, 7) is 8.43. The molecule has 0 atom stereocenters. The first-order chi connectivity index (χ1) is 11.3. The molecule has 6 nitrogen and oxygen atoms in total. The molecule has 0 aliphatic heterocycles. The Labute approximate surface area is 143 Å². The molecule has 0 saturated carbocycles. The molecular formula is C18H28N2O4. The van der Waals surface area contributed by atoms with Gasteiger partial charge in [-0.15, -0.1) is 0 Å². The lowest BCUT2D eigenvalue weighted by Crippen LogP contribution is -2.49. The Balaban J connectivity index is 2.37.